The first kappa shape index (κ1) is 26.9. The van der Waals surface area contributed by atoms with Crippen LogP contribution >= 0.6 is 23.5 Å². The van der Waals surface area contributed by atoms with Crippen LogP contribution in [0, 0.1) is 11.8 Å². The number of anilines is 1. The summed E-state index contributed by atoms with van der Waals surface area (Å²) in [5, 5.41) is 0.800. The van der Waals surface area contributed by atoms with Crippen molar-refractivity contribution in [2.45, 2.75) is 75.6 Å². The largest absolute Gasteiger partial charge is 0.490 e. The van der Waals surface area contributed by atoms with Crippen LogP contribution in [0.15, 0.2) is 36.4 Å². The topological polar surface area (TPSA) is 60.0 Å². The zero-order chi connectivity index (χ0) is 27.3. The molecule has 1 saturated heterocycles. The lowest BCUT2D eigenvalue weighted by atomic mass is 9.67. The van der Waals surface area contributed by atoms with E-state index in [2.05, 4.69) is 28.7 Å². The molecule has 1 amide bonds. The van der Waals surface area contributed by atoms with Crippen molar-refractivity contribution in [3.63, 3.8) is 0 Å². The Kier molecular flexibility index (Phi) is 7.44. The van der Waals surface area contributed by atoms with Crippen LogP contribution < -0.4 is 14.4 Å². The van der Waals surface area contributed by atoms with Gasteiger partial charge in [-0.3, -0.25) is 9.52 Å². The Morgan fingerprint density at radius 3 is 2.95 bits per heavy atom. The predicted molar refractivity (Wildman–Crippen MR) is 160 cm³/mol. The van der Waals surface area contributed by atoms with Crippen LogP contribution in [0.25, 0.3) is 0 Å². The lowest BCUT2D eigenvalue weighted by Crippen LogP contribution is -2.51. The third-order valence-corrected chi connectivity index (χ3v) is 10.8. The molecule has 7 rings (SSSR count). The highest BCUT2D eigenvalue weighted by atomic mass is 35.5. The maximum absolute atomic E-state index is 13.2. The average molecular weight is 583 g/mol. The van der Waals surface area contributed by atoms with Gasteiger partial charge in [0, 0.05) is 41.3 Å². The normalized spacial score (nSPS) is 34.0. The predicted octanol–water partition coefficient (Wildman–Crippen LogP) is 6.18. The van der Waals surface area contributed by atoms with E-state index in [9.17, 15) is 4.79 Å². The molecule has 1 N–H and O–H groups in total. The molecular formula is C32H39ClN2O4S. The van der Waals surface area contributed by atoms with E-state index in [1.54, 1.807) is 0 Å². The average Bonchev–Trinajstić information content (AvgIpc) is 3.07. The Labute approximate surface area is 246 Å². The third-order valence-electron chi connectivity index (χ3n) is 9.91. The van der Waals surface area contributed by atoms with Crippen molar-refractivity contribution < 1.29 is 19.0 Å². The molecule has 214 valence electrons. The first-order chi connectivity index (χ1) is 19.5. The van der Waals surface area contributed by atoms with Crippen molar-refractivity contribution >= 4 is 35.1 Å². The molecule has 0 aromatic heterocycles. The quantitative estimate of drug-likeness (QED) is 0.374. The van der Waals surface area contributed by atoms with Crippen molar-refractivity contribution in [1.82, 2.24) is 4.72 Å². The van der Waals surface area contributed by atoms with Crippen LogP contribution in [-0.2, 0) is 21.3 Å². The Bertz CT molecular complexity index is 1280. The number of benzene rings is 2. The van der Waals surface area contributed by atoms with E-state index in [-0.39, 0.29) is 29.6 Å². The molecule has 4 bridgehead atoms. The lowest BCUT2D eigenvalue weighted by molar-refractivity contribution is -0.146. The van der Waals surface area contributed by atoms with Crippen LogP contribution in [0.3, 0.4) is 0 Å². The maximum atomic E-state index is 13.2. The zero-order valence-electron chi connectivity index (χ0n) is 23.2. The van der Waals surface area contributed by atoms with E-state index in [0.717, 1.165) is 67.4 Å². The van der Waals surface area contributed by atoms with Crippen molar-refractivity contribution in [2.75, 3.05) is 37.0 Å². The van der Waals surface area contributed by atoms with Gasteiger partial charge in [-0.1, -0.05) is 17.7 Å². The maximum Gasteiger partial charge on any atom is 0.261 e. The molecular weight excluding hydrogens is 544 g/mol. The molecule has 3 heterocycles. The number of carbonyl (C=O) groups excluding carboxylic acids is 1. The molecule has 2 aliphatic carbocycles. The van der Waals surface area contributed by atoms with Crippen LogP contribution in [-0.4, -0.2) is 56.3 Å². The van der Waals surface area contributed by atoms with Crippen molar-refractivity contribution in [2.24, 2.45) is 11.8 Å². The fourth-order valence-corrected chi connectivity index (χ4v) is 8.55. The Hall–Kier alpha value is -1.93. The fourth-order valence-electron chi connectivity index (χ4n) is 7.83. The van der Waals surface area contributed by atoms with Crippen LogP contribution in [0.2, 0.25) is 5.02 Å². The van der Waals surface area contributed by atoms with E-state index in [1.165, 1.54) is 35.9 Å². The summed E-state index contributed by atoms with van der Waals surface area (Å²) >= 11 is 7.85. The molecule has 2 aromatic rings. The summed E-state index contributed by atoms with van der Waals surface area (Å²) in [5.74, 6) is 2.59. The number of carbonyl (C=O) groups is 1. The Morgan fingerprint density at radius 1 is 1.15 bits per heavy atom. The van der Waals surface area contributed by atoms with Crippen LogP contribution in [0.1, 0.15) is 66.9 Å². The number of rotatable bonds is 0. The standard InChI is InChI=1S/C32H39ClN2O4S/c1-20-13-25-16-30(39-20)26-7-4-23(26)17-35-18-32(10-2-3-21-14-24(33)6-8-27(21)32)19-38-29-9-5-22(15-28(29)35)31(36)34-40-12-11-37-25/h5-6,8-9,14-15,20,23,25-26,30H,2-4,7,10-13,16-19H2,1H3,(H,34,36)/t20-,23+,25+,26-,30+,32+/m1/s1. The fraction of sp³-hybridized carbons (Fsp3) is 0.594. The first-order valence-electron chi connectivity index (χ1n) is 15.0. The van der Waals surface area contributed by atoms with Gasteiger partial charge in [-0.25, -0.2) is 0 Å². The van der Waals surface area contributed by atoms with Crippen molar-refractivity contribution in [3.8, 4) is 5.75 Å². The highest BCUT2D eigenvalue weighted by molar-refractivity contribution is 7.97. The van der Waals surface area contributed by atoms with Gasteiger partial charge < -0.3 is 19.1 Å². The summed E-state index contributed by atoms with van der Waals surface area (Å²) in [6.07, 6.45) is 8.23. The molecule has 3 aliphatic heterocycles. The molecule has 0 radical (unpaired) electrons. The van der Waals surface area contributed by atoms with E-state index in [1.807, 2.05) is 24.3 Å². The second-order valence-electron chi connectivity index (χ2n) is 12.5. The van der Waals surface area contributed by atoms with Gasteiger partial charge in [0.15, 0.2) is 0 Å². The van der Waals surface area contributed by atoms with Gasteiger partial charge in [0.2, 0.25) is 0 Å². The van der Waals surface area contributed by atoms with E-state index >= 15 is 0 Å². The molecule has 1 saturated carbocycles. The molecule has 2 fully saturated rings. The van der Waals surface area contributed by atoms with Crippen LogP contribution in [0.4, 0.5) is 5.69 Å². The monoisotopic (exact) mass is 582 g/mol. The summed E-state index contributed by atoms with van der Waals surface area (Å²) in [7, 11) is 0. The second kappa shape index (κ2) is 11.0. The number of halogens is 1. The third kappa shape index (κ3) is 5.12. The number of nitrogens with one attached hydrogen (secondary N) is 1. The summed E-state index contributed by atoms with van der Waals surface area (Å²) in [5.41, 5.74) is 4.29. The molecule has 8 heteroatoms. The molecule has 0 unspecified atom stereocenters. The van der Waals surface area contributed by atoms with Gasteiger partial charge in [0.05, 0.1) is 37.2 Å². The number of fused-ring (bicyclic) bond motifs is 7. The smallest absolute Gasteiger partial charge is 0.261 e. The molecule has 5 aliphatic rings. The van der Waals surface area contributed by atoms with Crippen LogP contribution in [0.5, 0.6) is 5.75 Å². The van der Waals surface area contributed by atoms with E-state index < -0.39 is 0 Å². The number of aryl methyl sites for hydroxylation is 1. The summed E-state index contributed by atoms with van der Waals surface area (Å²) in [4.78, 5) is 15.7. The summed E-state index contributed by atoms with van der Waals surface area (Å²) < 4.78 is 22.5. The number of hydrogen-bond acceptors (Lipinski definition) is 6. The molecule has 6 nitrogen and oxygen atoms in total. The Morgan fingerprint density at radius 2 is 2.08 bits per heavy atom. The number of hydrogen-bond donors (Lipinski definition) is 1. The molecule has 1 spiro atoms. The van der Waals surface area contributed by atoms with E-state index in [4.69, 9.17) is 25.8 Å². The minimum Gasteiger partial charge on any atom is -0.490 e. The SMILES string of the molecule is C[C@@H]1C[C@H]2C[C@H](O1)[C@@H]1CC[C@H]1CN1C[C@@]3(CCCc4cc(Cl)ccc43)COc3ccc(cc31)C(=O)NSCCO2. The minimum atomic E-state index is -0.121. The highest BCUT2D eigenvalue weighted by Crippen LogP contribution is 2.48. The van der Waals surface area contributed by atoms with E-state index in [0.29, 0.717) is 30.6 Å². The first-order valence-corrected chi connectivity index (χ1v) is 16.3. The van der Waals surface area contributed by atoms with Gasteiger partial charge >= 0.3 is 0 Å². The highest BCUT2D eigenvalue weighted by Gasteiger charge is 2.46. The van der Waals surface area contributed by atoms with Gasteiger partial charge in [-0.15, -0.1) is 0 Å². The summed E-state index contributed by atoms with van der Waals surface area (Å²) in [6, 6.07) is 12.3. The molecule has 6 atom stereocenters. The van der Waals surface area contributed by atoms with Gasteiger partial charge in [-0.05, 0) is 111 Å². The zero-order valence-corrected chi connectivity index (χ0v) is 24.8. The number of nitrogens with zero attached hydrogens (tertiary/aromatic N) is 1. The minimum absolute atomic E-state index is 0.0715. The second-order valence-corrected chi connectivity index (χ2v) is 13.9. The molecule has 40 heavy (non-hydrogen) atoms. The summed E-state index contributed by atoms with van der Waals surface area (Å²) in [6.45, 7) is 5.24. The van der Waals surface area contributed by atoms with Crippen molar-refractivity contribution in [1.29, 1.82) is 0 Å². The number of ether oxygens (including phenoxy) is 3. The van der Waals surface area contributed by atoms with Gasteiger partial charge in [-0.2, -0.15) is 0 Å². The number of amides is 1. The van der Waals surface area contributed by atoms with Gasteiger partial charge in [0.1, 0.15) is 5.75 Å². The Balaban J connectivity index is 1.26. The lowest BCUT2D eigenvalue weighted by Gasteiger charge is -2.48. The molecule has 2 aromatic carbocycles. The van der Waals surface area contributed by atoms with Gasteiger partial charge in [0.25, 0.3) is 5.91 Å². The van der Waals surface area contributed by atoms with Crippen molar-refractivity contribution in [3.05, 3.63) is 58.1 Å².